The Balaban J connectivity index is 2.28. The summed E-state index contributed by atoms with van der Waals surface area (Å²) in [6, 6.07) is 7.31. The topological polar surface area (TPSA) is 29.9 Å². The maximum absolute atomic E-state index is 13.3. The van der Waals surface area contributed by atoms with Gasteiger partial charge in [0.25, 0.3) is 0 Å². The van der Waals surface area contributed by atoms with Gasteiger partial charge >= 0.3 is 0 Å². The van der Waals surface area contributed by atoms with E-state index in [0.717, 1.165) is 34.2 Å². The highest BCUT2D eigenvalue weighted by molar-refractivity contribution is 14.1. The molecular weight excluding hydrogens is 380 g/mol. The van der Waals surface area contributed by atoms with Crippen molar-refractivity contribution in [3.63, 3.8) is 0 Å². The molecule has 1 unspecified atom stereocenters. The maximum Gasteiger partial charge on any atom is 0.124 e. The van der Waals surface area contributed by atoms with Crippen LogP contribution in [-0.4, -0.2) is 16.3 Å². The van der Waals surface area contributed by atoms with Crippen LogP contribution in [0.5, 0.6) is 0 Å². The molecule has 0 saturated heterocycles. The van der Waals surface area contributed by atoms with Crippen LogP contribution < -0.4 is 5.32 Å². The number of likely N-dealkylation sites (N-methyl/N-ethyl adjacent to an activating group) is 1. The van der Waals surface area contributed by atoms with E-state index < -0.39 is 0 Å². The van der Waals surface area contributed by atoms with Crippen molar-refractivity contribution in [1.82, 2.24) is 15.1 Å². The maximum atomic E-state index is 13.3. The van der Waals surface area contributed by atoms with Crippen LogP contribution in [0.2, 0.25) is 0 Å². The Morgan fingerprint density at radius 1 is 1.33 bits per heavy atom. The third kappa shape index (κ3) is 4.03. The summed E-state index contributed by atoms with van der Waals surface area (Å²) in [6.07, 6.45) is 1.78. The van der Waals surface area contributed by atoms with E-state index in [1.807, 2.05) is 17.8 Å². The van der Waals surface area contributed by atoms with Crippen molar-refractivity contribution in [2.75, 3.05) is 6.54 Å². The van der Waals surface area contributed by atoms with E-state index in [2.05, 4.69) is 52.9 Å². The SMILES string of the molecule is CCNC(Cc1cc(CC)nn1C)c1ccc(F)cc1I. The van der Waals surface area contributed by atoms with Crippen molar-refractivity contribution in [2.24, 2.45) is 7.05 Å². The Labute approximate surface area is 139 Å². The average molecular weight is 401 g/mol. The molecule has 0 spiro atoms. The monoisotopic (exact) mass is 401 g/mol. The Bertz CT molecular complexity index is 610. The number of nitrogens with zero attached hydrogens (tertiary/aromatic N) is 2. The predicted molar refractivity (Wildman–Crippen MR) is 91.8 cm³/mol. The van der Waals surface area contributed by atoms with Crippen LogP contribution in [0, 0.1) is 9.39 Å². The van der Waals surface area contributed by atoms with E-state index in [0.29, 0.717) is 0 Å². The van der Waals surface area contributed by atoms with Gasteiger partial charge in [0, 0.05) is 28.8 Å². The van der Waals surface area contributed by atoms with Gasteiger partial charge in [-0.2, -0.15) is 5.10 Å². The zero-order valence-corrected chi connectivity index (χ0v) is 14.8. The highest BCUT2D eigenvalue weighted by atomic mass is 127. The molecule has 0 aliphatic rings. The van der Waals surface area contributed by atoms with E-state index in [9.17, 15) is 4.39 Å². The molecule has 2 rings (SSSR count). The molecule has 3 nitrogen and oxygen atoms in total. The fourth-order valence-corrected chi connectivity index (χ4v) is 3.32. The summed E-state index contributed by atoms with van der Waals surface area (Å²) in [5.41, 5.74) is 3.44. The molecule has 0 aliphatic heterocycles. The van der Waals surface area contributed by atoms with Crippen molar-refractivity contribution in [3.8, 4) is 0 Å². The molecule has 0 bridgehead atoms. The van der Waals surface area contributed by atoms with Gasteiger partial charge in [-0.25, -0.2) is 4.39 Å². The van der Waals surface area contributed by atoms with Gasteiger partial charge in [0.1, 0.15) is 5.82 Å². The summed E-state index contributed by atoms with van der Waals surface area (Å²) in [5.74, 6) is -0.188. The first-order chi connectivity index (χ1) is 10.0. The Kier molecular flexibility index (Phi) is 5.75. The fourth-order valence-electron chi connectivity index (χ4n) is 2.47. The summed E-state index contributed by atoms with van der Waals surface area (Å²) in [6.45, 7) is 5.07. The summed E-state index contributed by atoms with van der Waals surface area (Å²) >= 11 is 2.20. The number of hydrogen-bond donors (Lipinski definition) is 1. The van der Waals surface area contributed by atoms with Crippen molar-refractivity contribution < 1.29 is 4.39 Å². The number of rotatable bonds is 6. The third-order valence-electron chi connectivity index (χ3n) is 3.59. The molecule has 0 saturated carbocycles. The first kappa shape index (κ1) is 16.4. The first-order valence-electron chi connectivity index (χ1n) is 7.25. The second kappa shape index (κ2) is 7.35. The fraction of sp³-hybridized carbons (Fsp3) is 0.438. The predicted octanol–water partition coefficient (Wildman–Crippen LogP) is 3.62. The van der Waals surface area contributed by atoms with Gasteiger partial charge in [-0.3, -0.25) is 4.68 Å². The molecule has 0 fully saturated rings. The lowest BCUT2D eigenvalue weighted by molar-refractivity contribution is 0.525. The van der Waals surface area contributed by atoms with E-state index >= 15 is 0 Å². The van der Waals surface area contributed by atoms with Crippen LogP contribution >= 0.6 is 22.6 Å². The van der Waals surface area contributed by atoms with E-state index in [1.165, 1.54) is 11.8 Å². The third-order valence-corrected chi connectivity index (χ3v) is 4.53. The van der Waals surface area contributed by atoms with E-state index in [1.54, 1.807) is 6.07 Å². The lowest BCUT2D eigenvalue weighted by Gasteiger charge is -2.20. The number of halogens is 2. The van der Waals surface area contributed by atoms with Gasteiger partial charge in [-0.05, 0) is 59.3 Å². The largest absolute Gasteiger partial charge is 0.310 e. The molecule has 114 valence electrons. The average Bonchev–Trinajstić information content (AvgIpc) is 2.79. The summed E-state index contributed by atoms with van der Waals surface area (Å²) < 4.78 is 16.2. The first-order valence-corrected chi connectivity index (χ1v) is 8.33. The highest BCUT2D eigenvalue weighted by Gasteiger charge is 2.17. The number of aryl methyl sites for hydroxylation is 2. The molecule has 1 N–H and O–H groups in total. The second-order valence-electron chi connectivity index (χ2n) is 5.08. The van der Waals surface area contributed by atoms with Gasteiger partial charge in [0.15, 0.2) is 0 Å². The van der Waals surface area contributed by atoms with Gasteiger partial charge in [0.2, 0.25) is 0 Å². The minimum atomic E-state index is -0.188. The van der Waals surface area contributed by atoms with Crippen LogP contribution in [0.3, 0.4) is 0 Å². The molecule has 5 heteroatoms. The van der Waals surface area contributed by atoms with Crippen molar-refractivity contribution >= 4 is 22.6 Å². The molecular formula is C16H21FIN3. The Morgan fingerprint density at radius 2 is 2.10 bits per heavy atom. The molecule has 1 heterocycles. The Hall–Kier alpha value is -0.950. The van der Waals surface area contributed by atoms with Crippen LogP contribution in [0.15, 0.2) is 24.3 Å². The summed E-state index contributed by atoms with van der Waals surface area (Å²) in [5, 5.41) is 7.99. The molecule has 1 atom stereocenters. The van der Waals surface area contributed by atoms with Crippen LogP contribution in [0.1, 0.15) is 36.8 Å². The van der Waals surface area contributed by atoms with Gasteiger partial charge in [0.05, 0.1) is 5.69 Å². The van der Waals surface area contributed by atoms with Gasteiger partial charge in [-0.1, -0.05) is 19.9 Å². The standard InChI is InChI=1S/C16H21FIN3/c1-4-12-9-13(21(3)20-12)10-16(19-5-2)14-7-6-11(17)8-15(14)18/h6-9,16,19H,4-5,10H2,1-3H3. The highest BCUT2D eigenvalue weighted by Crippen LogP contribution is 2.24. The lowest BCUT2D eigenvalue weighted by Crippen LogP contribution is -2.24. The summed E-state index contributed by atoms with van der Waals surface area (Å²) in [7, 11) is 1.98. The van der Waals surface area contributed by atoms with Crippen LogP contribution in [-0.2, 0) is 19.9 Å². The molecule has 21 heavy (non-hydrogen) atoms. The molecule has 1 aromatic heterocycles. The van der Waals surface area contributed by atoms with E-state index in [4.69, 9.17) is 0 Å². The quantitative estimate of drug-likeness (QED) is 0.750. The molecule has 2 aromatic rings. The number of nitrogens with one attached hydrogen (secondary N) is 1. The zero-order valence-electron chi connectivity index (χ0n) is 12.7. The van der Waals surface area contributed by atoms with Crippen LogP contribution in [0.25, 0.3) is 0 Å². The van der Waals surface area contributed by atoms with Crippen molar-refractivity contribution in [3.05, 3.63) is 50.6 Å². The molecule has 0 amide bonds. The second-order valence-corrected chi connectivity index (χ2v) is 6.25. The minimum Gasteiger partial charge on any atom is -0.310 e. The normalized spacial score (nSPS) is 12.6. The van der Waals surface area contributed by atoms with Gasteiger partial charge < -0.3 is 5.32 Å². The number of benzene rings is 1. The Morgan fingerprint density at radius 3 is 2.67 bits per heavy atom. The minimum absolute atomic E-state index is 0.169. The molecule has 0 radical (unpaired) electrons. The van der Waals surface area contributed by atoms with E-state index in [-0.39, 0.29) is 11.9 Å². The molecule has 0 aliphatic carbocycles. The van der Waals surface area contributed by atoms with Gasteiger partial charge in [-0.15, -0.1) is 0 Å². The van der Waals surface area contributed by atoms with Crippen molar-refractivity contribution in [1.29, 1.82) is 0 Å². The number of hydrogen-bond acceptors (Lipinski definition) is 2. The zero-order chi connectivity index (χ0) is 15.4. The lowest BCUT2D eigenvalue weighted by atomic mass is 10.0. The smallest absolute Gasteiger partial charge is 0.124 e. The van der Waals surface area contributed by atoms with Crippen molar-refractivity contribution in [2.45, 2.75) is 32.7 Å². The molecule has 1 aromatic carbocycles. The number of aromatic nitrogens is 2. The summed E-state index contributed by atoms with van der Waals surface area (Å²) in [4.78, 5) is 0. The van der Waals surface area contributed by atoms with Crippen LogP contribution in [0.4, 0.5) is 4.39 Å².